The lowest BCUT2D eigenvalue weighted by molar-refractivity contribution is 0.0803. The smallest absolute Gasteiger partial charge is 0.182 e. The molecule has 1 unspecified atom stereocenters. The minimum atomic E-state index is -3.46. The maximum absolute atomic E-state index is 13.1. The summed E-state index contributed by atoms with van der Waals surface area (Å²) in [6.07, 6.45) is 4.02. The number of hydrogen-bond acceptors (Lipinski definition) is 4. The van der Waals surface area contributed by atoms with Gasteiger partial charge in [0.15, 0.2) is 9.84 Å². The molecule has 0 saturated heterocycles. The van der Waals surface area contributed by atoms with Crippen LogP contribution in [0, 0.1) is 0 Å². The molecule has 0 radical (unpaired) electrons. The number of benzene rings is 4. The maximum atomic E-state index is 13.1. The first-order valence-electron chi connectivity index (χ1n) is 14.6. The van der Waals surface area contributed by atoms with Crippen molar-refractivity contribution in [2.24, 2.45) is 0 Å². The zero-order valence-corrected chi connectivity index (χ0v) is 25.6. The van der Waals surface area contributed by atoms with Crippen LogP contribution in [0.3, 0.4) is 0 Å². The molecule has 0 aliphatic heterocycles. The van der Waals surface area contributed by atoms with Crippen LogP contribution in [0.5, 0.6) is 17.2 Å². The molecule has 214 valence electrons. The fourth-order valence-electron chi connectivity index (χ4n) is 5.46. The molecule has 0 heterocycles. The van der Waals surface area contributed by atoms with Crippen molar-refractivity contribution >= 4 is 9.84 Å². The van der Waals surface area contributed by atoms with E-state index in [-0.39, 0.29) is 16.8 Å². The van der Waals surface area contributed by atoms with Crippen LogP contribution in [0.25, 0.3) is 11.1 Å². The van der Waals surface area contributed by atoms with E-state index in [0.717, 1.165) is 48.1 Å². The van der Waals surface area contributed by atoms with Gasteiger partial charge in [0.25, 0.3) is 0 Å². The molecule has 0 amide bonds. The third-order valence-electron chi connectivity index (χ3n) is 8.86. The first kappa shape index (κ1) is 28.9. The van der Waals surface area contributed by atoms with E-state index in [4.69, 9.17) is 9.47 Å². The molecule has 1 aliphatic rings. The van der Waals surface area contributed by atoms with E-state index in [9.17, 15) is 8.42 Å². The van der Waals surface area contributed by atoms with Crippen molar-refractivity contribution in [3.63, 3.8) is 0 Å². The van der Waals surface area contributed by atoms with Gasteiger partial charge in [-0.25, -0.2) is 8.42 Å². The third-order valence-corrected chi connectivity index (χ3v) is 10.6. The van der Waals surface area contributed by atoms with Crippen molar-refractivity contribution in [3.8, 4) is 28.4 Å². The Kier molecular flexibility index (Phi) is 8.02. The molecule has 0 aromatic heterocycles. The Bertz CT molecular complexity index is 1600. The van der Waals surface area contributed by atoms with Gasteiger partial charge in [-0.1, -0.05) is 70.2 Å². The molecule has 1 aliphatic carbocycles. The monoisotopic (exact) mass is 568 g/mol. The van der Waals surface area contributed by atoms with Crippen molar-refractivity contribution in [1.29, 1.82) is 0 Å². The van der Waals surface area contributed by atoms with Crippen LogP contribution in [0.15, 0.2) is 95.9 Å². The average molecular weight is 569 g/mol. The molecule has 5 heteroatoms. The Morgan fingerprint density at radius 1 is 0.756 bits per heavy atom. The molecule has 4 aromatic rings. The molecular weight excluding hydrogens is 528 g/mol. The lowest BCUT2D eigenvalue weighted by atomic mass is 9.63. The van der Waals surface area contributed by atoms with E-state index in [2.05, 4.69) is 58.9 Å². The number of rotatable bonds is 11. The highest BCUT2D eigenvalue weighted by Crippen LogP contribution is 2.43. The minimum Gasteiger partial charge on any atom is -0.488 e. The molecule has 1 atom stereocenters. The quantitative estimate of drug-likeness (QED) is 0.181. The molecule has 0 spiro atoms. The Hall–Kier alpha value is -3.57. The van der Waals surface area contributed by atoms with Gasteiger partial charge in [-0.2, -0.15) is 0 Å². The molecule has 4 aromatic carbocycles. The first-order valence-corrected chi connectivity index (χ1v) is 16.2. The van der Waals surface area contributed by atoms with E-state index in [1.54, 1.807) is 24.3 Å². The van der Waals surface area contributed by atoms with Crippen molar-refractivity contribution in [1.82, 2.24) is 0 Å². The highest BCUT2D eigenvalue weighted by molar-refractivity contribution is 7.90. The lowest BCUT2D eigenvalue weighted by Crippen LogP contribution is -2.35. The average Bonchev–Trinajstić information content (AvgIpc) is 2.97. The molecule has 0 N–H and O–H groups in total. The van der Waals surface area contributed by atoms with E-state index >= 15 is 0 Å². The molecule has 41 heavy (non-hydrogen) atoms. The summed E-state index contributed by atoms with van der Waals surface area (Å²) in [5.74, 6) is 2.15. The Morgan fingerprint density at radius 3 is 1.80 bits per heavy atom. The van der Waals surface area contributed by atoms with Crippen molar-refractivity contribution in [2.45, 2.75) is 82.0 Å². The zero-order valence-electron chi connectivity index (χ0n) is 24.7. The van der Waals surface area contributed by atoms with Crippen molar-refractivity contribution in [3.05, 3.63) is 108 Å². The Balaban J connectivity index is 1.20. The van der Waals surface area contributed by atoms with Crippen LogP contribution >= 0.6 is 0 Å². The standard InChI is InChI=1S/C36H40O4S/c1-6-35(4)24-29-23-26(9-22-34(29)35)25-41(37,38)33-20-18-31(19-21-33)39-30-14-10-27(11-15-30)28-12-16-32(17-13-28)40-36(5,7-2)8-3/h9-23H,6-8,24-25H2,1-5H3. The SMILES string of the molecule is CCC(C)(CC)Oc1ccc(-c2ccc(Oc3ccc(S(=O)(=O)Cc4ccc5c(c4)CC5(C)CC)cc3)cc2)cc1. The van der Waals surface area contributed by atoms with Gasteiger partial charge in [0.2, 0.25) is 0 Å². The predicted molar refractivity (Wildman–Crippen MR) is 167 cm³/mol. The first-order chi connectivity index (χ1) is 19.6. The van der Waals surface area contributed by atoms with Gasteiger partial charge in [0.05, 0.1) is 10.6 Å². The zero-order chi connectivity index (χ0) is 29.3. The van der Waals surface area contributed by atoms with Crippen LogP contribution in [-0.2, 0) is 27.4 Å². The third kappa shape index (κ3) is 6.20. The topological polar surface area (TPSA) is 52.6 Å². The summed E-state index contributed by atoms with van der Waals surface area (Å²) in [7, 11) is -3.46. The highest BCUT2D eigenvalue weighted by Gasteiger charge is 2.36. The number of sulfone groups is 1. The van der Waals surface area contributed by atoms with Gasteiger partial charge in [-0.3, -0.25) is 0 Å². The summed E-state index contributed by atoms with van der Waals surface area (Å²) in [5, 5.41) is 0. The summed E-state index contributed by atoms with van der Waals surface area (Å²) < 4.78 is 38.4. The van der Waals surface area contributed by atoms with Gasteiger partial charge in [-0.05, 0) is 114 Å². The highest BCUT2D eigenvalue weighted by atomic mass is 32.2. The fourth-order valence-corrected chi connectivity index (χ4v) is 6.80. The molecule has 4 nitrogen and oxygen atoms in total. The summed E-state index contributed by atoms with van der Waals surface area (Å²) in [6, 6.07) is 28.8. The van der Waals surface area contributed by atoms with E-state index < -0.39 is 9.84 Å². The second-order valence-electron chi connectivity index (χ2n) is 11.7. The number of fused-ring (bicyclic) bond motifs is 1. The molecule has 0 saturated carbocycles. The molecular formula is C36H40O4S. The van der Waals surface area contributed by atoms with Gasteiger partial charge >= 0.3 is 0 Å². The normalized spacial score (nSPS) is 16.5. The van der Waals surface area contributed by atoms with E-state index in [0.29, 0.717) is 16.4 Å². The fraction of sp³-hybridized carbons (Fsp3) is 0.333. The van der Waals surface area contributed by atoms with Gasteiger partial charge in [-0.15, -0.1) is 0 Å². The largest absolute Gasteiger partial charge is 0.488 e. The van der Waals surface area contributed by atoms with Gasteiger partial charge < -0.3 is 9.47 Å². The summed E-state index contributed by atoms with van der Waals surface area (Å²) in [6.45, 7) is 10.9. The Morgan fingerprint density at radius 2 is 1.29 bits per heavy atom. The summed E-state index contributed by atoms with van der Waals surface area (Å²) >= 11 is 0. The van der Waals surface area contributed by atoms with Gasteiger partial charge in [0, 0.05) is 0 Å². The number of ether oxygens (including phenoxy) is 2. The van der Waals surface area contributed by atoms with E-state index in [1.807, 2.05) is 42.5 Å². The van der Waals surface area contributed by atoms with Crippen LogP contribution in [0.4, 0.5) is 0 Å². The van der Waals surface area contributed by atoms with Gasteiger partial charge in [0.1, 0.15) is 22.8 Å². The molecule has 5 rings (SSSR count). The van der Waals surface area contributed by atoms with Crippen LogP contribution in [0.2, 0.25) is 0 Å². The Labute approximate surface area is 245 Å². The lowest BCUT2D eigenvalue weighted by Gasteiger charge is -2.41. The summed E-state index contributed by atoms with van der Waals surface area (Å²) in [5.41, 5.74) is 5.72. The van der Waals surface area contributed by atoms with Crippen molar-refractivity contribution < 1.29 is 17.9 Å². The second kappa shape index (κ2) is 11.4. The minimum absolute atomic E-state index is 0.00554. The van der Waals surface area contributed by atoms with Crippen LogP contribution in [-0.4, -0.2) is 14.0 Å². The molecule has 0 bridgehead atoms. The predicted octanol–water partition coefficient (Wildman–Crippen LogP) is 9.30. The maximum Gasteiger partial charge on any atom is 0.182 e. The number of hydrogen-bond donors (Lipinski definition) is 0. The van der Waals surface area contributed by atoms with Crippen molar-refractivity contribution in [2.75, 3.05) is 0 Å². The van der Waals surface area contributed by atoms with E-state index in [1.165, 1.54) is 11.1 Å². The van der Waals surface area contributed by atoms with Crippen LogP contribution < -0.4 is 9.47 Å². The summed E-state index contributed by atoms with van der Waals surface area (Å²) in [4.78, 5) is 0.298. The second-order valence-corrected chi connectivity index (χ2v) is 13.7. The van der Waals surface area contributed by atoms with Crippen LogP contribution in [0.1, 0.15) is 70.6 Å². The molecule has 0 fully saturated rings.